The number of anilines is 4. The molecule has 2 fully saturated rings. The number of primary amides is 2. The number of aromatic nitrogens is 2. The summed E-state index contributed by atoms with van der Waals surface area (Å²) in [5.41, 5.74) is 12.6. The smallest absolute Gasteiger partial charge is 0.254 e. The number of nitrogens with two attached hydrogens (primary N) is 2. The van der Waals surface area contributed by atoms with Gasteiger partial charge in [-0.25, -0.2) is 4.98 Å². The Hall–Kier alpha value is -3.40. The van der Waals surface area contributed by atoms with Gasteiger partial charge in [-0.2, -0.15) is 4.98 Å². The minimum absolute atomic E-state index is 0.253. The van der Waals surface area contributed by atoms with E-state index in [-0.39, 0.29) is 5.56 Å². The molecule has 4 rings (SSSR count). The van der Waals surface area contributed by atoms with Gasteiger partial charge in [0.1, 0.15) is 11.9 Å². The molecule has 0 unspecified atom stereocenters. The van der Waals surface area contributed by atoms with Crippen LogP contribution in [-0.4, -0.2) is 51.6 Å². The van der Waals surface area contributed by atoms with Crippen molar-refractivity contribution in [3.63, 3.8) is 0 Å². The molecule has 29 heavy (non-hydrogen) atoms. The maximum Gasteiger partial charge on any atom is 0.254 e. The molecule has 0 radical (unpaired) electrons. The van der Waals surface area contributed by atoms with E-state index in [1.54, 1.807) is 4.90 Å². The van der Waals surface area contributed by atoms with Crippen LogP contribution in [0.4, 0.5) is 23.1 Å². The zero-order chi connectivity index (χ0) is 20.5. The number of carbonyl (C=O) groups is 2. The van der Waals surface area contributed by atoms with E-state index in [0.717, 1.165) is 24.2 Å². The lowest BCUT2D eigenvalue weighted by atomic mass is 10.2. The highest BCUT2D eigenvalue weighted by Crippen LogP contribution is 2.29. The van der Waals surface area contributed by atoms with Gasteiger partial charge in [0.25, 0.3) is 5.91 Å². The Morgan fingerprint density at radius 3 is 2.52 bits per heavy atom. The first kappa shape index (κ1) is 18.9. The number of carbonyl (C=O) groups excluding carboxylic acids is 2. The van der Waals surface area contributed by atoms with Crippen LogP contribution in [0.15, 0.2) is 30.5 Å². The monoisotopic (exact) mass is 397 g/mol. The summed E-state index contributed by atoms with van der Waals surface area (Å²) in [5, 5.41) is 16.1. The Kier molecular flexibility index (Phi) is 4.93. The van der Waals surface area contributed by atoms with E-state index in [0.29, 0.717) is 30.8 Å². The number of aliphatic hydroxyl groups is 1. The maximum atomic E-state index is 11.6. The number of β-amino-alcohol motifs (C(OH)–C–C–N with tert-alkyl or cyclic N) is 1. The minimum Gasteiger partial charge on any atom is -0.391 e. The van der Waals surface area contributed by atoms with Crippen molar-refractivity contribution in [1.29, 1.82) is 0 Å². The Balaban J connectivity index is 1.50. The molecule has 2 amide bonds. The van der Waals surface area contributed by atoms with Crippen LogP contribution in [0, 0.1) is 0 Å². The molecule has 2 atom stereocenters. The lowest BCUT2D eigenvalue weighted by Gasteiger charge is -2.24. The lowest BCUT2D eigenvalue weighted by Crippen LogP contribution is -2.40. The number of rotatable bonds is 7. The van der Waals surface area contributed by atoms with Crippen LogP contribution >= 0.6 is 0 Å². The molecule has 0 spiro atoms. The normalized spacial score (nSPS) is 21.1. The quantitative estimate of drug-likeness (QED) is 0.446. The molecule has 10 heteroatoms. The number of hydrogen-bond acceptors (Lipinski definition) is 8. The molecular formula is C19H23N7O3. The maximum absolute atomic E-state index is 11.6. The zero-order valence-corrected chi connectivity index (χ0v) is 15.7. The number of benzene rings is 1. The van der Waals surface area contributed by atoms with E-state index in [2.05, 4.69) is 20.6 Å². The summed E-state index contributed by atoms with van der Waals surface area (Å²) in [4.78, 5) is 33.5. The molecule has 1 saturated heterocycles. The first-order valence-electron chi connectivity index (χ1n) is 9.45. The van der Waals surface area contributed by atoms with Gasteiger partial charge in [0, 0.05) is 36.6 Å². The molecule has 0 bridgehead atoms. The van der Waals surface area contributed by atoms with E-state index in [4.69, 9.17) is 11.5 Å². The third kappa shape index (κ3) is 4.21. The van der Waals surface area contributed by atoms with E-state index in [1.165, 1.54) is 6.20 Å². The number of nitrogens with zero attached hydrogens (tertiary/aromatic N) is 3. The molecule has 10 nitrogen and oxygen atoms in total. The molecule has 1 aromatic heterocycles. The van der Waals surface area contributed by atoms with Crippen molar-refractivity contribution < 1.29 is 14.7 Å². The van der Waals surface area contributed by atoms with Gasteiger partial charge in [-0.15, -0.1) is 0 Å². The second-order valence-corrected chi connectivity index (χ2v) is 7.37. The van der Waals surface area contributed by atoms with Crippen molar-refractivity contribution in [1.82, 2.24) is 9.97 Å². The number of aliphatic hydroxyl groups excluding tert-OH is 1. The van der Waals surface area contributed by atoms with E-state index in [9.17, 15) is 14.7 Å². The van der Waals surface area contributed by atoms with Crippen molar-refractivity contribution in [3.8, 4) is 0 Å². The first-order valence-corrected chi connectivity index (χ1v) is 9.45. The highest BCUT2D eigenvalue weighted by molar-refractivity contribution is 5.97. The molecule has 1 saturated carbocycles. The third-order valence-electron chi connectivity index (χ3n) is 5.03. The Labute approximate surface area is 167 Å². The topological polar surface area (TPSA) is 159 Å². The van der Waals surface area contributed by atoms with Crippen molar-refractivity contribution in [3.05, 3.63) is 36.0 Å². The average Bonchev–Trinajstić information content (AvgIpc) is 3.40. The molecule has 1 aliphatic heterocycles. The molecule has 152 valence electrons. The van der Waals surface area contributed by atoms with Crippen LogP contribution in [0.2, 0.25) is 0 Å². The lowest BCUT2D eigenvalue weighted by molar-refractivity contribution is -0.119. The summed E-state index contributed by atoms with van der Waals surface area (Å²) in [7, 11) is 0. The predicted octanol–water partition coefficient (Wildman–Crippen LogP) is 0.318. The van der Waals surface area contributed by atoms with Crippen molar-refractivity contribution >= 4 is 35.0 Å². The van der Waals surface area contributed by atoms with Gasteiger partial charge in [-0.1, -0.05) is 0 Å². The van der Waals surface area contributed by atoms with Gasteiger partial charge in [-0.05, 0) is 37.1 Å². The Morgan fingerprint density at radius 1 is 1.17 bits per heavy atom. The van der Waals surface area contributed by atoms with Crippen LogP contribution in [0.3, 0.4) is 0 Å². The Bertz CT molecular complexity index is 930. The van der Waals surface area contributed by atoms with Gasteiger partial charge in [-0.3, -0.25) is 9.59 Å². The van der Waals surface area contributed by atoms with Gasteiger partial charge in [0.2, 0.25) is 11.9 Å². The highest BCUT2D eigenvalue weighted by atomic mass is 16.3. The van der Waals surface area contributed by atoms with Gasteiger partial charge in [0.05, 0.1) is 11.7 Å². The average molecular weight is 397 g/mol. The largest absolute Gasteiger partial charge is 0.391 e. The highest BCUT2D eigenvalue weighted by Gasteiger charge is 2.34. The molecule has 1 aromatic carbocycles. The van der Waals surface area contributed by atoms with Crippen LogP contribution in [-0.2, 0) is 4.79 Å². The standard InChI is InChI=1S/C19H23N7O3/c20-16(28)14-8-22-19(25-18(14)23-10-1-2-10)24-11-3-5-12(6-4-11)26-9-13(27)7-15(26)17(21)29/h3-6,8,10,13,15,27H,1-2,7,9H2,(H2,20,28)(H2,21,29)(H2,22,23,24,25)/t13-,15+/m1/s1. The number of hydrogen-bond donors (Lipinski definition) is 5. The van der Waals surface area contributed by atoms with E-state index < -0.39 is 24.0 Å². The fourth-order valence-corrected chi connectivity index (χ4v) is 3.39. The second-order valence-electron chi connectivity index (χ2n) is 7.37. The molecule has 2 aromatic rings. The number of nitrogens with one attached hydrogen (secondary N) is 2. The molecule has 2 heterocycles. The summed E-state index contributed by atoms with van der Waals surface area (Å²) in [6, 6.07) is 7.08. The first-order chi connectivity index (χ1) is 13.9. The van der Waals surface area contributed by atoms with Crippen LogP contribution in [0.1, 0.15) is 29.6 Å². The van der Waals surface area contributed by atoms with Gasteiger partial charge in [0.15, 0.2) is 0 Å². The third-order valence-corrected chi connectivity index (χ3v) is 5.03. The van der Waals surface area contributed by atoms with Crippen LogP contribution in [0.5, 0.6) is 0 Å². The second kappa shape index (κ2) is 7.55. The SMILES string of the molecule is NC(=O)c1cnc(Nc2ccc(N3C[C@H](O)C[C@H]3C(N)=O)cc2)nc1NC1CC1. The molecular weight excluding hydrogens is 374 g/mol. The van der Waals surface area contributed by atoms with Gasteiger partial charge < -0.3 is 32.1 Å². The summed E-state index contributed by atoms with van der Waals surface area (Å²) in [5.74, 6) is -0.287. The number of amides is 2. The summed E-state index contributed by atoms with van der Waals surface area (Å²) in [6.07, 6.45) is 3.21. The van der Waals surface area contributed by atoms with Gasteiger partial charge >= 0.3 is 0 Å². The Morgan fingerprint density at radius 2 is 1.90 bits per heavy atom. The fraction of sp³-hybridized carbons (Fsp3) is 0.368. The summed E-state index contributed by atoms with van der Waals surface area (Å²) in [6.45, 7) is 0.355. The molecule has 7 N–H and O–H groups in total. The minimum atomic E-state index is -0.583. The van der Waals surface area contributed by atoms with E-state index >= 15 is 0 Å². The predicted molar refractivity (Wildman–Crippen MR) is 108 cm³/mol. The van der Waals surface area contributed by atoms with Crippen molar-refractivity contribution in [2.24, 2.45) is 11.5 Å². The summed E-state index contributed by atoms with van der Waals surface area (Å²) >= 11 is 0. The molecule has 2 aliphatic rings. The molecule has 1 aliphatic carbocycles. The van der Waals surface area contributed by atoms with Crippen molar-refractivity contribution in [2.45, 2.75) is 37.5 Å². The fourth-order valence-electron chi connectivity index (χ4n) is 3.39. The van der Waals surface area contributed by atoms with E-state index in [1.807, 2.05) is 24.3 Å². The summed E-state index contributed by atoms with van der Waals surface area (Å²) < 4.78 is 0. The zero-order valence-electron chi connectivity index (χ0n) is 15.7. The van der Waals surface area contributed by atoms with Crippen LogP contribution in [0.25, 0.3) is 0 Å². The van der Waals surface area contributed by atoms with Crippen LogP contribution < -0.4 is 27.0 Å². The van der Waals surface area contributed by atoms with Crippen molar-refractivity contribution in [2.75, 3.05) is 22.1 Å².